The normalized spacial score (nSPS) is 8.00. The van der Waals surface area contributed by atoms with E-state index in [1.807, 2.05) is 0 Å². The molecule has 0 heterocycles. The van der Waals surface area contributed by atoms with E-state index in [0.717, 1.165) is 16.6 Å². The monoisotopic (exact) mass is 267 g/mol. The Labute approximate surface area is 101 Å². The molecule has 0 rings (SSSR count). The fourth-order valence-electron chi connectivity index (χ4n) is 0.142. The number of hydrogen-bond donors (Lipinski definition) is 2. The van der Waals surface area contributed by atoms with E-state index in [-0.39, 0.29) is 0 Å². The van der Waals surface area contributed by atoms with Crippen LogP contribution in [-0.2, 0) is 13.6 Å². The van der Waals surface area contributed by atoms with E-state index in [4.69, 9.17) is 9.22 Å². The van der Waals surface area contributed by atoms with Crippen molar-refractivity contribution in [3.63, 3.8) is 0 Å². The highest BCUT2D eigenvalue weighted by atomic mass is 28.3. The number of carbonyl (C=O) groups excluding carboxylic acids is 1. The highest BCUT2D eigenvalue weighted by Crippen LogP contribution is 1.72. The quantitative estimate of drug-likeness (QED) is 0.537. The maximum atomic E-state index is 9.60. The van der Waals surface area contributed by atoms with Crippen molar-refractivity contribution in [1.29, 1.82) is 0 Å². The van der Waals surface area contributed by atoms with Crippen molar-refractivity contribution in [2.75, 3.05) is 6.61 Å². The third kappa shape index (κ3) is 52.6. The van der Waals surface area contributed by atoms with Crippen LogP contribution in [0.2, 0.25) is 13.1 Å². The van der Waals surface area contributed by atoms with Crippen LogP contribution in [-0.4, -0.2) is 43.3 Å². The number of primary amides is 1. The van der Waals surface area contributed by atoms with Crippen LogP contribution >= 0.6 is 0 Å². The molecule has 0 aromatic rings. The number of rotatable bonds is 3. The molecule has 0 fully saturated rings. The fraction of sp³-hybridized carbons (Fsp3) is 0.500. The minimum Gasteiger partial charge on any atom is -0.478 e. The van der Waals surface area contributed by atoms with E-state index in [9.17, 15) is 9.59 Å². The first kappa shape index (κ1) is 20.3. The minimum absolute atomic E-state index is 0.356. The molecule has 0 aliphatic heterocycles. The summed E-state index contributed by atoms with van der Waals surface area (Å²) in [6, 6.07) is 0. The Hall–Kier alpha value is -1.13. The summed E-state index contributed by atoms with van der Waals surface area (Å²) in [5.74, 6) is -0.981. The molecule has 16 heavy (non-hydrogen) atoms. The molecule has 0 unspecified atom stereocenters. The second-order valence-electron chi connectivity index (χ2n) is 2.58. The summed E-state index contributed by atoms with van der Waals surface area (Å²) in [6.07, 6.45) is 0.123. The first-order chi connectivity index (χ1) is 7.31. The van der Waals surface area contributed by atoms with Gasteiger partial charge < -0.3 is 19.7 Å². The summed E-state index contributed by atoms with van der Waals surface area (Å²) in [7, 11) is 0.347. The third-order valence-corrected chi connectivity index (χ3v) is 4.70. The topological polar surface area (TPSA) is 98.9 Å². The molecule has 8 heteroatoms. The molecule has 0 atom stereocenters. The van der Waals surface area contributed by atoms with Crippen molar-refractivity contribution in [3.8, 4) is 0 Å². The molecule has 3 N–H and O–H groups in total. The average Bonchev–Trinajstić information content (AvgIpc) is 2.19. The molecule has 96 valence electrons. The minimum atomic E-state index is -0.981. The number of nitrogens with two attached hydrogens (primary N) is 1. The Balaban J connectivity index is -0.000000160. The molecular formula is C8H21NO5Si2. The SMILES string of the molecule is C=CC(=O)O.CCOC(N)=O.C[SiH](C)O[SiH3]. The van der Waals surface area contributed by atoms with Gasteiger partial charge in [0.25, 0.3) is 0 Å². The summed E-state index contributed by atoms with van der Waals surface area (Å²) in [6.45, 7) is 9.36. The van der Waals surface area contributed by atoms with Crippen molar-refractivity contribution in [1.82, 2.24) is 0 Å². The van der Waals surface area contributed by atoms with Crippen LogP contribution in [0.5, 0.6) is 0 Å². The van der Waals surface area contributed by atoms with Crippen LogP contribution in [0.15, 0.2) is 12.7 Å². The van der Waals surface area contributed by atoms with Crippen molar-refractivity contribution < 1.29 is 23.5 Å². The Morgan fingerprint density at radius 2 is 1.88 bits per heavy atom. The Kier molecular flexibility index (Phi) is 20.7. The zero-order valence-electron chi connectivity index (χ0n) is 10.2. The maximum Gasteiger partial charge on any atom is 0.404 e. The molecule has 1 amide bonds. The lowest BCUT2D eigenvalue weighted by Gasteiger charge is -1.93. The van der Waals surface area contributed by atoms with E-state index >= 15 is 0 Å². The van der Waals surface area contributed by atoms with Crippen LogP contribution < -0.4 is 5.73 Å². The Morgan fingerprint density at radius 3 is 1.88 bits per heavy atom. The van der Waals surface area contributed by atoms with Gasteiger partial charge in [0.15, 0.2) is 9.04 Å². The zero-order chi connectivity index (χ0) is 13.6. The largest absolute Gasteiger partial charge is 0.478 e. The lowest BCUT2D eigenvalue weighted by atomic mass is 10.7. The van der Waals surface area contributed by atoms with E-state index in [1.165, 1.54) is 0 Å². The highest BCUT2D eigenvalue weighted by molar-refractivity contribution is 6.52. The van der Waals surface area contributed by atoms with E-state index in [1.54, 1.807) is 6.92 Å². The predicted octanol–water partition coefficient (Wildman–Crippen LogP) is -0.375. The number of aliphatic carboxylic acids is 1. The summed E-state index contributed by atoms with van der Waals surface area (Å²) in [4.78, 5) is 18.8. The van der Waals surface area contributed by atoms with Gasteiger partial charge in [0.05, 0.1) is 6.61 Å². The summed E-state index contributed by atoms with van der Waals surface area (Å²) in [5, 5.41) is 7.60. The second-order valence-corrected chi connectivity index (χ2v) is 6.56. The molecule has 0 saturated heterocycles. The van der Waals surface area contributed by atoms with Crippen molar-refractivity contribution in [2.24, 2.45) is 5.73 Å². The van der Waals surface area contributed by atoms with Crippen LogP contribution in [0.4, 0.5) is 4.79 Å². The van der Waals surface area contributed by atoms with Crippen molar-refractivity contribution >= 4 is 31.6 Å². The van der Waals surface area contributed by atoms with Crippen LogP contribution in [0.3, 0.4) is 0 Å². The lowest BCUT2D eigenvalue weighted by molar-refractivity contribution is -0.131. The standard InChI is InChI=1S/C3H7NO2.C3H4O2.C2H10OSi2/c1-2-6-3(4)5;1-2-3(4)5;1-5(2)3-4/h2H2,1H3,(H2,4,5);2H,1H2,(H,4,5);5H,1-2,4H3. The molecule has 0 aromatic heterocycles. The molecule has 0 aromatic carbocycles. The summed E-state index contributed by atoms with van der Waals surface area (Å²) in [5.41, 5.74) is 4.54. The molecule has 0 spiro atoms. The molecule has 0 saturated carbocycles. The van der Waals surface area contributed by atoms with E-state index in [2.05, 4.69) is 30.1 Å². The van der Waals surface area contributed by atoms with Gasteiger partial charge in [-0.3, -0.25) is 0 Å². The molecule has 0 aliphatic rings. The predicted molar refractivity (Wildman–Crippen MR) is 68.9 cm³/mol. The van der Waals surface area contributed by atoms with E-state index < -0.39 is 21.1 Å². The van der Waals surface area contributed by atoms with Crippen molar-refractivity contribution in [2.45, 2.75) is 20.0 Å². The number of ether oxygens (including phenoxy) is 1. The number of carboxylic acids is 1. The molecule has 0 radical (unpaired) electrons. The Morgan fingerprint density at radius 1 is 1.56 bits per heavy atom. The lowest BCUT2D eigenvalue weighted by Crippen LogP contribution is -2.11. The first-order valence-electron chi connectivity index (χ1n) is 4.62. The molecular weight excluding hydrogens is 246 g/mol. The van der Waals surface area contributed by atoms with Crippen LogP contribution in [0, 0.1) is 0 Å². The van der Waals surface area contributed by atoms with Gasteiger partial charge in [-0.25, -0.2) is 9.59 Å². The van der Waals surface area contributed by atoms with Crippen molar-refractivity contribution in [3.05, 3.63) is 12.7 Å². The van der Waals surface area contributed by atoms with Gasteiger partial charge in [-0.2, -0.15) is 0 Å². The first-order valence-corrected chi connectivity index (χ1v) is 8.21. The van der Waals surface area contributed by atoms with Gasteiger partial charge in [0, 0.05) is 6.08 Å². The number of amides is 1. The highest BCUT2D eigenvalue weighted by Gasteiger charge is 1.82. The third-order valence-electron chi connectivity index (χ3n) is 0.933. The number of carbonyl (C=O) groups is 2. The summed E-state index contributed by atoms with van der Waals surface area (Å²) < 4.78 is 9.21. The van der Waals surface area contributed by atoms with Gasteiger partial charge >= 0.3 is 12.1 Å². The Bertz CT molecular complexity index is 199. The van der Waals surface area contributed by atoms with Gasteiger partial charge in [-0.1, -0.05) is 6.58 Å². The van der Waals surface area contributed by atoms with Crippen LogP contribution in [0.25, 0.3) is 0 Å². The van der Waals surface area contributed by atoms with Gasteiger partial charge in [0.2, 0.25) is 0 Å². The van der Waals surface area contributed by atoms with Gasteiger partial charge in [0.1, 0.15) is 10.5 Å². The second kappa shape index (κ2) is 16.3. The molecule has 0 aliphatic carbocycles. The number of hydrogen-bond acceptors (Lipinski definition) is 4. The zero-order valence-corrected chi connectivity index (χ0v) is 13.4. The van der Waals surface area contributed by atoms with Gasteiger partial charge in [-0.05, 0) is 20.0 Å². The van der Waals surface area contributed by atoms with E-state index in [0.29, 0.717) is 6.61 Å². The smallest absolute Gasteiger partial charge is 0.404 e. The average molecular weight is 267 g/mol. The van der Waals surface area contributed by atoms with Crippen LogP contribution in [0.1, 0.15) is 6.92 Å². The fourth-order valence-corrected chi connectivity index (χ4v) is 0.142. The van der Waals surface area contributed by atoms with Gasteiger partial charge in [-0.15, -0.1) is 0 Å². The maximum absolute atomic E-state index is 9.60. The number of carboxylic acid groups (broad SMARTS) is 1. The molecule has 0 bridgehead atoms. The summed E-state index contributed by atoms with van der Waals surface area (Å²) >= 11 is 0. The molecule has 6 nitrogen and oxygen atoms in total.